The third-order valence-corrected chi connectivity index (χ3v) is 4.34. The zero-order chi connectivity index (χ0) is 14.0. The van der Waals surface area contributed by atoms with Crippen LogP contribution in [0.25, 0.3) is 11.0 Å². The molecule has 104 valence electrons. The first kappa shape index (κ1) is 14.5. The van der Waals surface area contributed by atoms with Gasteiger partial charge in [-0.05, 0) is 25.3 Å². The van der Waals surface area contributed by atoms with Crippen LogP contribution in [-0.2, 0) is 6.54 Å². The number of aromatic nitrogens is 2. The molecule has 0 bridgehead atoms. The van der Waals surface area contributed by atoms with Crippen LogP contribution >= 0.6 is 23.4 Å². The highest BCUT2D eigenvalue weighted by Crippen LogP contribution is 2.30. The lowest BCUT2D eigenvalue weighted by Gasteiger charge is -2.14. The van der Waals surface area contributed by atoms with E-state index < -0.39 is 0 Å². The van der Waals surface area contributed by atoms with Gasteiger partial charge in [0.25, 0.3) is 0 Å². The molecule has 5 heteroatoms. The molecule has 19 heavy (non-hydrogen) atoms. The van der Waals surface area contributed by atoms with Crippen molar-refractivity contribution in [2.45, 2.75) is 31.0 Å². The van der Waals surface area contributed by atoms with E-state index in [4.69, 9.17) is 16.3 Å². The Hall–Kier alpha value is -0.870. The first-order chi connectivity index (χ1) is 9.08. The summed E-state index contributed by atoms with van der Waals surface area (Å²) >= 11 is 8.11. The molecule has 0 spiro atoms. The lowest BCUT2D eigenvalue weighted by atomic mass is 10.3. The molecule has 1 aromatic heterocycles. The summed E-state index contributed by atoms with van der Waals surface area (Å²) in [4.78, 5) is 4.67. The second-order valence-electron chi connectivity index (χ2n) is 4.57. The Labute approximate surface area is 123 Å². The number of hydrogen-bond donors (Lipinski definition) is 0. The zero-order valence-electron chi connectivity index (χ0n) is 11.7. The van der Waals surface area contributed by atoms with Gasteiger partial charge in [-0.15, -0.1) is 11.6 Å². The standard InChI is InChI=1S/C14H19ClN2OS/c1-9(19-4)8-17-11-6-5-7-12(18-3)13(11)16-14(17)10(2)15/h5-7,9-10H,8H2,1-4H3. The predicted molar refractivity (Wildman–Crippen MR) is 83.5 cm³/mol. The molecular weight excluding hydrogens is 280 g/mol. The van der Waals surface area contributed by atoms with Crippen molar-refractivity contribution in [3.63, 3.8) is 0 Å². The summed E-state index contributed by atoms with van der Waals surface area (Å²) in [6, 6.07) is 5.99. The van der Waals surface area contributed by atoms with E-state index in [2.05, 4.69) is 28.8 Å². The van der Waals surface area contributed by atoms with Crippen LogP contribution in [-0.4, -0.2) is 28.2 Å². The Balaban J connectivity index is 2.60. The van der Waals surface area contributed by atoms with Gasteiger partial charge in [0, 0.05) is 11.8 Å². The summed E-state index contributed by atoms with van der Waals surface area (Å²) in [5, 5.41) is 0.393. The summed E-state index contributed by atoms with van der Waals surface area (Å²) in [5.41, 5.74) is 1.98. The fraction of sp³-hybridized carbons (Fsp3) is 0.500. The second-order valence-corrected chi connectivity index (χ2v) is 6.50. The molecule has 0 N–H and O–H groups in total. The molecule has 2 atom stereocenters. The SMILES string of the molecule is COc1cccc2c1nc(C(C)Cl)n2CC(C)SC. The summed E-state index contributed by atoms with van der Waals surface area (Å²) < 4.78 is 7.59. The van der Waals surface area contributed by atoms with E-state index in [-0.39, 0.29) is 5.38 Å². The quantitative estimate of drug-likeness (QED) is 0.778. The lowest BCUT2D eigenvalue weighted by molar-refractivity contribution is 0.419. The van der Waals surface area contributed by atoms with Gasteiger partial charge in [0.2, 0.25) is 0 Å². The molecule has 2 rings (SSSR count). The maximum atomic E-state index is 6.27. The van der Waals surface area contributed by atoms with Gasteiger partial charge in [0.1, 0.15) is 17.1 Å². The number of rotatable bonds is 5. The summed E-state index contributed by atoms with van der Waals surface area (Å²) in [5.74, 6) is 1.70. The fourth-order valence-corrected chi connectivity index (χ4v) is 2.60. The molecule has 1 heterocycles. The minimum atomic E-state index is -0.119. The van der Waals surface area contributed by atoms with E-state index in [1.165, 1.54) is 0 Å². The average Bonchev–Trinajstić information content (AvgIpc) is 2.77. The van der Waals surface area contributed by atoms with Gasteiger partial charge in [-0.2, -0.15) is 11.8 Å². The Kier molecular flexibility index (Phi) is 4.63. The molecule has 1 aromatic carbocycles. The zero-order valence-corrected chi connectivity index (χ0v) is 13.3. The number of hydrogen-bond acceptors (Lipinski definition) is 3. The number of ether oxygens (including phenoxy) is 1. The van der Waals surface area contributed by atoms with Crippen molar-refractivity contribution in [1.29, 1.82) is 0 Å². The van der Waals surface area contributed by atoms with Crippen LogP contribution in [0.1, 0.15) is 25.0 Å². The average molecular weight is 299 g/mol. The smallest absolute Gasteiger partial charge is 0.146 e. The lowest BCUT2D eigenvalue weighted by Crippen LogP contribution is -2.12. The van der Waals surface area contributed by atoms with E-state index in [1.54, 1.807) is 7.11 Å². The number of benzene rings is 1. The highest BCUT2D eigenvalue weighted by molar-refractivity contribution is 7.99. The highest BCUT2D eigenvalue weighted by Gasteiger charge is 2.18. The number of imidazole rings is 1. The largest absolute Gasteiger partial charge is 0.494 e. The maximum absolute atomic E-state index is 6.27. The monoisotopic (exact) mass is 298 g/mol. The van der Waals surface area contributed by atoms with Crippen LogP contribution < -0.4 is 4.74 Å². The molecule has 2 aromatic rings. The van der Waals surface area contributed by atoms with Crippen molar-refractivity contribution >= 4 is 34.4 Å². The normalized spacial score (nSPS) is 14.6. The van der Waals surface area contributed by atoms with E-state index in [9.17, 15) is 0 Å². The molecule has 0 aliphatic carbocycles. The first-order valence-electron chi connectivity index (χ1n) is 6.28. The van der Waals surface area contributed by atoms with Crippen LogP contribution in [0.3, 0.4) is 0 Å². The van der Waals surface area contributed by atoms with Gasteiger partial charge in [-0.3, -0.25) is 0 Å². The Bertz CT molecular complexity index is 568. The third kappa shape index (κ3) is 2.84. The number of thioether (sulfide) groups is 1. The molecule has 0 fully saturated rings. The molecule has 0 saturated carbocycles. The molecule has 2 unspecified atom stereocenters. The summed E-state index contributed by atoms with van der Waals surface area (Å²) in [6.07, 6.45) is 2.12. The van der Waals surface area contributed by atoms with Gasteiger partial charge in [-0.1, -0.05) is 13.0 Å². The molecule has 0 radical (unpaired) electrons. The number of nitrogens with zero attached hydrogens (tertiary/aromatic N) is 2. The van der Waals surface area contributed by atoms with Crippen LogP contribution in [0.4, 0.5) is 0 Å². The predicted octanol–water partition coefficient (Wildman–Crippen LogP) is 4.10. The summed E-state index contributed by atoms with van der Waals surface area (Å²) in [6.45, 7) is 5.06. The first-order valence-corrected chi connectivity index (χ1v) is 8.01. The Morgan fingerprint density at radius 2 is 2.16 bits per heavy atom. The molecule has 0 amide bonds. The van der Waals surface area contributed by atoms with Gasteiger partial charge in [0.05, 0.1) is 18.0 Å². The minimum Gasteiger partial charge on any atom is -0.494 e. The highest BCUT2D eigenvalue weighted by atomic mass is 35.5. The summed E-state index contributed by atoms with van der Waals surface area (Å²) in [7, 11) is 1.67. The fourth-order valence-electron chi connectivity index (χ4n) is 2.13. The van der Waals surface area contributed by atoms with Gasteiger partial charge < -0.3 is 9.30 Å². The molecular formula is C14H19ClN2OS. The molecule has 0 aliphatic heterocycles. The Morgan fingerprint density at radius 3 is 2.74 bits per heavy atom. The van der Waals surface area contributed by atoms with Crippen LogP contribution in [0, 0.1) is 0 Å². The maximum Gasteiger partial charge on any atom is 0.146 e. The van der Waals surface area contributed by atoms with Crippen LogP contribution in [0.15, 0.2) is 18.2 Å². The number of halogens is 1. The van der Waals surface area contributed by atoms with Crippen molar-refractivity contribution in [1.82, 2.24) is 9.55 Å². The Morgan fingerprint density at radius 1 is 1.42 bits per heavy atom. The second kappa shape index (κ2) is 6.06. The van der Waals surface area contributed by atoms with Crippen molar-refractivity contribution in [3.8, 4) is 5.75 Å². The van der Waals surface area contributed by atoms with E-state index in [1.807, 2.05) is 30.8 Å². The molecule has 3 nitrogen and oxygen atoms in total. The minimum absolute atomic E-state index is 0.119. The van der Waals surface area contributed by atoms with E-state index in [0.29, 0.717) is 5.25 Å². The van der Waals surface area contributed by atoms with Gasteiger partial charge >= 0.3 is 0 Å². The van der Waals surface area contributed by atoms with Gasteiger partial charge in [0.15, 0.2) is 0 Å². The van der Waals surface area contributed by atoms with E-state index >= 15 is 0 Å². The topological polar surface area (TPSA) is 27.1 Å². The number of methoxy groups -OCH3 is 1. The molecule has 0 saturated heterocycles. The van der Waals surface area contributed by atoms with Crippen LogP contribution in [0.5, 0.6) is 5.75 Å². The third-order valence-electron chi connectivity index (χ3n) is 3.19. The van der Waals surface area contributed by atoms with Crippen molar-refractivity contribution in [3.05, 3.63) is 24.0 Å². The van der Waals surface area contributed by atoms with Gasteiger partial charge in [-0.25, -0.2) is 4.98 Å². The number of fused-ring (bicyclic) bond motifs is 1. The van der Waals surface area contributed by atoms with Crippen LogP contribution in [0.2, 0.25) is 0 Å². The van der Waals surface area contributed by atoms with Crippen molar-refractivity contribution in [2.24, 2.45) is 0 Å². The number of alkyl halides is 1. The van der Waals surface area contributed by atoms with Crippen molar-refractivity contribution in [2.75, 3.05) is 13.4 Å². The molecule has 0 aliphatic rings. The number of para-hydroxylation sites is 1. The van der Waals surface area contributed by atoms with Crippen molar-refractivity contribution < 1.29 is 4.74 Å². The van der Waals surface area contributed by atoms with E-state index in [0.717, 1.165) is 29.2 Å².